The molecule has 162 valence electrons. The van der Waals surface area contributed by atoms with Crippen LogP contribution >= 0.6 is 0 Å². The van der Waals surface area contributed by atoms with Crippen LogP contribution in [-0.4, -0.2) is 56.1 Å². The maximum absolute atomic E-state index is 13.8. The van der Waals surface area contributed by atoms with Gasteiger partial charge in [-0.3, -0.25) is 9.69 Å². The third-order valence-corrected chi connectivity index (χ3v) is 7.46. The van der Waals surface area contributed by atoms with Crippen molar-refractivity contribution in [1.82, 2.24) is 9.80 Å². The molecule has 0 radical (unpaired) electrons. The molecule has 5 nitrogen and oxygen atoms in total. The highest BCUT2D eigenvalue weighted by Crippen LogP contribution is 2.21. The van der Waals surface area contributed by atoms with E-state index in [9.17, 15) is 17.6 Å². The van der Waals surface area contributed by atoms with E-state index in [4.69, 9.17) is 0 Å². The van der Waals surface area contributed by atoms with Crippen LogP contribution in [0.4, 0.5) is 4.39 Å². The van der Waals surface area contributed by atoms with Crippen molar-refractivity contribution in [3.63, 3.8) is 0 Å². The van der Waals surface area contributed by atoms with Crippen LogP contribution in [-0.2, 0) is 21.2 Å². The Morgan fingerprint density at radius 2 is 1.55 bits per heavy atom. The Hall–Kier alpha value is -2.77. The molecule has 0 N–H and O–H groups in total. The lowest BCUT2D eigenvalue weighted by Gasteiger charge is -2.34. The smallest absolute Gasteiger partial charge is 0.223 e. The highest BCUT2D eigenvalue weighted by molar-refractivity contribution is 7.91. The molecule has 4 rings (SSSR count). The second kappa shape index (κ2) is 9.16. The van der Waals surface area contributed by atoms with Gasteiger partial charge in [0.05, 0.1) is 10.6 Å². The first-order valence-corrected chi connectivity index (χ1v) is 12.0. The molecular formula is C24H25FN2O3S. The number of carbonyl (C=O) groups is 1. The fourth-order valence-electron chi connectivity index (χ4n) is 3.88. The quantitative estimate of drug-likeness (QED) is 0.589. The Morgan fingerprint density at radius 1 is 0.871 bits per heavy atom. The molecular weight excluding hydrogens is 415 g/mol. The van der Waals surface area contributed by atoms with Gasteiger partial charge in [-0.15, -0.1) is 0 Å². The number of hydrogen-bond donors (Lipinski definition) is 0. The third kappa shape index (κ3) is 5.11. The van der Waals surface area contributed by atoms with E-state index in [1.165, 1.54) is 6.07 Å². The number of benzene rings is 3. The van der Waals surface area contributed by atoms with E-state index in [0.29, 0.717) is 38.3 Å². The van der Waals surface area contributed by atoms with E-state index in [-0.39, 0.29) is 28.8 Å². The van der Waals surface area contributed by atoms with Crippen LogP contribution in [0.2, 0.25) is 0 Å². The molecule has 1 aliphatic heterocycles. The van der Waals surface area contributed by atoms with Crippen LogP contribution < -0.4 is 0 Å². The molecule has 3 aromatic carbocycles. The summed E-state index contributed by atoms with van der Waals surface area (Å²) in [5, 5.41) is 1.84. The number of sulfone groups is 1. The fraction of sp³-hybridized carbons (Fsp3) is 0.292. The van der Waals surface area contributed by atoms with E-state index in [2.05, 4.69) is 4.90 Å². The van der Waals surface area contributed by atoms with Crippen molar-refractivity contribution in [3.8, 4) is 0 Å². The molecule has 1 amide bonds. The second-order valence-corrected chi connectivity index (χ2v) is 9.94. The number of carbonyl (C=O) groups excluding carboxylic acids is 1. The Labute approximate surface area is 182 Å². The molecule has 0 unspecified atom stereocenters. The fourth-order valence-corrected chi connectivity index (χ4v) is 5.14. The van der Waals surface area contributed by atoms with E-state index in [1.54, 1.807) is 35.2 Å². The molecule has 0 aromatic heterocycles. The summed E-state index contributed by atoms with van der Waals surface area (Å²) in [7, 11) is -3.54. The SMILES string of the molecule is O=C(CCS(=O)(=O)c1ccc2ccccc2c1)N1CCN(Cc2ccccc2F)CC1. The van der Waals surface area contributed by atoms with Gasteiger partial charge in [-0.1, -0.05) is 48.5 Å². The van der Waals surface area contributed by atoms with Gasteiger partial charge in [-0.05, 0) is 29.0 Å². The predicted octanol–water partition coefficient (Wildman–Crippen LogP) is 3.49. The minimum atomic E-state index is -3.54. The largest absolute Gasteiger partial charge is 0.340 e. The summed E-state index contributed by atoms with van der Waals surface area (Å²) in [5.41, 5.74) is 0.642. The van der Waals surface area contributed by atoms with Crippen molar-refractivity contribution in [2.24, 2.45) is 0 Å². The first kappa shape index (κ1) is 21.5. The highest BCUT2D eigenvalue weighted by Gasteiger charge is 2.24. The zero-order valence-corrected chi connectivity index (χ0v) is 18.0. The lowest BCUT2D eigenvalue weighted by molar-refractivity contribution is -0.132. The van der Waals surface area contributed by atoms with Crippen LogP contribution in [0.3, 0.4) is 0 Å². The first-order valence-electron chi connectivity index (χ1n) is 10.4. The van der Waals surface area contributed by atoms with E-state index in [0.717, 1.165) is 10.8 Å². The van der Waals surface area contributed by atoms with Gasteiger partial charge >= 0.3 is 0 Å². The number of hydrogen-bond acceptors (Lipinski definition) is 4. The first-order chi connectivity index (χ1) is 14.9. The van der Waals surface area contributed by atoms with Gasteiger partial charge in [0.1, 0.15) is 5.82 Å². The Kier molecular flexibility index (Phi) is 6.34. The van der Waals surface area contributed by atoms with Crippen molar-refractivity contribution in [1.29, 1.82) is 0 Å². The van der Waals surface area contributed by atoms with Crippen molar-refractivity contribution in [2.45, 2.75) is 17.9 Å². The van der Waals surface area contributed by atoms with E-state index >= 15 is 0 Å². The van der Waals surface area contributed by atoms with Gasteiger partial charge in [-0.2, -0.15) is 0 Å². The monoisotopic (exact) mass is 440 g/mol. The summed E-state index contributed by atoms with van der Waals surface area (Å²) in [6.07, 6.45) is -0.0392. The number of piperazine rings is 1. The average molecular weight is 441 g/mol. The molecule has 1 saturated heterocycles. The normalized spacial score (nSPS) is 15.3. The van der Waals surface area contributed by atoms with Crippen molar-refractivity contribution < 1.29 is 17.6 Å². The van der Waals surface area contributed by atoms with Gasteiger partial charge in [-0.25, -0.2) is 12.8 Å². The van der Waals surface area contributed by atoms with Crippen molar-refractivity contribution >= 4 is 26.5 Å². The number of nitrogens with zero attached hydrogens (tertiary/aromatic N) is 2. The zero-order valence-electron chi connectivity index (χ0n) is 17.2. The summed E-state index contributed by atoms with van der Waals surface area (Å²) in [4.78, 5) is 16.6. The van der Waals surface area contributed by atoms with E-state index in [1.807, 2.05) is 30.3 Å². The molecule has 0 bridgehead atoms. The lowest BCUT2D eigenvalue weighted by Crippen LogP contribution is -2.48. The molecule has 7 heteroatoms. The minimum Gasteiger partial charge on any atom is -0.340 e. The number of rotatable bonds is 6. The molecule has 1 aliphatic rings. The Bertz CT molecular complexity index is 1190. The van der Waals surface area contributed by atoms with Crippen LogP contribution in [0.25, 0.3) is 10.8 Å². The number of halogens is 1. The van der Waals surface area contributed by atoms with E-state index < -0.39 is 9.84 Å². The van der Waals surface area contributed by atoms with Gasteiger partial charge in [0.15, 0.2) is 9.84 Å². The van der Waals surface area contributed by atoms with Crippen LogP contribution in [0.5, 0.6) is 0 Å². The molecule has 0 spiro atoms. The number of fused-ring (bicyclic) bond motifs is 1. The molecule has 0 atom stereocenters. The standard InChI is InChI=1S/C24H25FN2O3S/c25-23-8-4-3-7-21(23)18-26-12-14-27(15-13-26)24(28)11-16-31(29,30)22-10-9-19-5-1-2-6-20(19)17-22/h1-10,17H,11-16,18H2. The zero-order chi connectivity index (χ0) is 21.8. The second-order valence-electron chi connectivity index (χ2n) is 7.83. The molecule has 1 fully saturated rings. The molecule has 0 saturated carbocycles. The summed E-state index contributed by atoms with van der Waals surface area (Å²) in [5.74, 6) is -0.589. The van der Waals surface area contributed by atoms with Crippen LogP contribution in [0.15, 0.2) is 71.6 Å². The average Bonchev–Trinajstić information content (AvgIpc) is 2.79. The topological polar surface area (TPSA) is 57.7 Å². The predicted molar refractivity (Wildman–Crippen MR) is 119 cm³/mol. The maximum Gasteiger partial charge on any atom is 0.223 e. The summed E-state index contributed by atoms with van der Waals surface area (Å²) in [6.45, 7) is 2.81. The Balaban J connectivity index is 1.31. The summed E-state index contributed by atoms with van der Waals surface area (Å²) in [6, 6.07) is 19.3. The number of amides is 1. The molecule has 0 aliphatic carbocycles. The summed E-state index contributed by atoms with van der Waals surface area (Å²) >= 11 is 0. The van der Waals surface area contributed by atoms with Gasteiger partial charge in [0.2, 0.25) is 5.91 Å². The van der Waals surface area contributed by atoms with Crippen LogP contribution in [0, 0.1) is 5.82 Å². The van der Waals surface area contributed by atoms with Gasteiger partial charge in [0.25, 0.3) is 0 Å². The molecule has 1 heterocycles. The van der Waals surface area contributed by atoms with Crippen molar-refractivity contribution in [2.75, 3.05) is 31.9 Å². The minimum absolute atomic E-state index is 0.0392. The molecule has 3 aromatic rings. The Morgan fingerprint density at radius 3 is 2.29 bits per heavy atom. The lowest BCUT2D eigenvalue weighted by atomic mass is 10.1. The maximum atomic E-state index is 13.8. The van der Waals surface area contributed by atoms with Gasteiger partial charge < -0.3 is 4.90 Å². The summed E-state index contributed by atoms with van der Waals surface area (Å²) < 4.78 is 39.3. The van der Waals surface area contributed by atoms with Gasteiger partial charge in [0, 0.05) is 44.7 Å². The third-order valence-electron chi connectivity index (χ3n) is 5.74. The molecule has 31 heavy (non-hydrogen) atoms. The van der Waals surface area contributed by atoms with Crippen LogP contribution in [0.1, 0.15) is 12.0 Å². The van der Waals surface area contributed by atoms with Crippen molar-refractivity contribution in [3.05, 3.63) is 78.1 Å². The highest BCUT2D eigenvalue weighted by atomic mass is 32.2.